The molecule has 36 heavy (non-hydrogen) atoms. The minimum Gasteiger partial charge on any atom is -0.379 e. The minimum atomic E-state index is 0.00893. The summed E-state index contributed by atoms with van der Waals surface area (Å²) in [4.78, 5) is 9.61. The van der Waals surface area contributed by atoms with Gasteiger partial charge in [0, 0.05) is 49.5 Å². The molecule has 2 saturated heterocycles. The van der Waals surface area contributed by atoms with Crippen molar-refractivity contribution in [1.82, 2.24) is 24.7 Å². The number of nitrogens with zero attached hydrogens (tertiary/aromatic N) is 4. The molecule has 2 aliphatic heterocycles. The number of aromatic nitrogens is 2. The molecule has 0 spiro atoms. The Kier molecular flexibility index (Phi) is 7.42. The van der Waals surface area contributed by atoms with Crippen LogP contribution in [0.1, 0.15) is 52.3 Å². The van der Waals surface area contributed by atoms with Crippen LogP contribution in [0.3, 0.4) is 0 Å². The van der Waals surface area contributed by atoms with Crippen molar-refractivity contribution in [3.05, 3.63) is 82.4 Å². The Morgan fingerprint density at radius 2 is 1.83 bits per heavy atom. The number of hydrogen-bond acceptors (Lipinski definition) is 4. The topological polar surface area (TPSA) is 45.6 Å². The van der Waals surface area contributed by atoms with Gasteiger partial charge in [0.05, 0.1) is 31.0 Å². The molecule has 3 aromatic rings. The highest BCUT2D eigenvalue weighted by atomic mass is 32.1. The van der Waals surface area contributed by atoms with Gasteiger partial charge in [-0.1, -0.05) is 18.2 Å². The number of morpholine rings is 1. The van der Waals surface area contributed by atoms with Gasteiger partial charge in [-0.3, -0.25) is 9.88 Å². The maximum atomic E-state index is 5.93. The summed E-state index contributed by atoms with van der Waals surface area (Å²) in [5.74, 6) is 0. The van der Waals surface area contributed by atoms with Crippen molar-refractivity contribution in [3.8, 4) is 5.69 Å². The molecule has 6 nitrogen and oxygen atoms in total. The third kappa shape index (κ3) is 4.92. The Balaban J connectivity index is 1.50. The van der Waals surface area contributed by atoms with E-state index in [0.717, 1.165) is 56.6 Å². The lowest BCUT2D eigenvalue weighted by Gasteiger charge is -2.30. The number of hydrogen-bond donors (Lipinski definition) is 1. The summed E-state index contributed by atoms with van der Waals surface area (Å²) in [7, 11) is 0. The number of nitrogens with one attached hydrogen (secondary N) is 1. The third-order valence-corrected chi connectivity index (χ3v) is 7.92. The maximum absolute atomic E-state index is 5.93. The van der Waals surface area contributed by atoms with Crippen molar-refractivity contribution in [1.29, 1.82) is 0 Å². The fraction of sp³-hybridized carbons (Fsp3) is 0.448. The molecule has 0 bridgehead atoms. The molecular formula is C29H37N5OS. The van der Waals surface area contributed by atoms with E-state index in [2.05, 4.69) is 83.8 Å². The van der Waals surface area contributed by atoms with Gasteiger partial charge in [0.15, 0.2) is 5.11 Å². The van der Waals surface area contributed by atoms with Gasteiger partial charge >= 0.3 is 0 Å². The highest BCUT2D eigenvalue weighted by Crippen LogP contribution is 2.41. The van der Waals surface area contributed by atoms with E-state index < -0.39 is 0 Å². The highest BCUT2D eigenvalue weighted by molar-refractivity contribution is 7.80. The molecule has 4 heterocycles. The summed E-state index contributed by atoms with van der Waals surface area (Å²) in [6.07, 6.45) is 2.93. The van der Waals surface area contributed by atoms with E-state index in [1.54, 1.807) is 0 Å². The van der Waals surface area contributed by atoms with Gasteiger partial charge in [-0.15, -0.1) is 0 Å². The average Bonchev–Trinajstić information content (AvgIpc) is 3.36. The fourth-order valence-corrected chi connectivity index (χ4v) is 6.02. The maximum Gasteiger partial charge on any atom is 0.170 e. The van der Waals surface area contributed by atoms with Crippen molar-refractivity contribution in [3.63, 3.8) is 0 Å². The predicted molar refractivity (Wildman–Crippen MR) is 149 cm³/mol. The van der Waals surface area contributed by atoms with Crippen molar-refractivity contribution in [2.24, 2.45) is 0 Å². The number of thiocarbonyl (C=S) groups is 1. The number of pyridine rings is 1. The summed E-state index contributed by atoms with van der Waals surface area (Å²) < 4.78 is 7.92. The van der Waals surface area contributed by atoms with E-state index in [4.69, 9.17) is 21.9 Å². The molecule has 1 aromatic carbocycles. The second kappa shape index (κ2) is 10.7. The molecular weight excluding hydrogens is 466 g/mol. The first kappa shape index (κ1) is 24.9. The lowest BCUT2D eigenvalue weighted by Crippen LogP contribution is -2.39. The SMILES string of the molecule is Cc1ccc(C)c(-n2c(C)cc([C@H]3[C@@H](c4ccccn4)NC(=S)N3CCCN3CCOCC3)c2C)c1. The summed E-state index contributed by atoms with van der Waals surface area (Å²) in [5.41, 5.74) is 8.62. The highest BCUT2D eigenvalue weighted by Gasteiger charge is 2.41. The largest absolute Gasteiger partial charge is 0.379 e. The zero-order chi connectivity index (χ0) is 25.2. The molecule has 2 aliphatic rings. The zero-order valence-corrected chi connectivity index (χ0v) is 22.6. The molecule has 0 unspecified atom stereocenters. The summed E-state index contributed by atoms with van der Waals surface area (Å²) in [6.45, 7) is 14.5. The van der Waals surface area contributed by atoms with E-state index in [-0.39, 0.29) is 12.1 Å². The Hall–Kier alpha value is -2.74. The fourth-order valence-electron chi connectivity index (χ4n) is 5.69. The molecule has 0 saturated carbocycles. The van der Waals surface area contributed by atoms with Crippen LogP contribution in [0.5, 0.6) is 0 Å². The zero-order valence-electron chi connectivity index (χ0n) is 21.8. The summed E-state index contributed by atoms with van der Waals surface area (Å²) in [6, 6.07) is 15.3. The van der Waals surface area contributed by atoms with Crippen LogP contribution in [0.25, 0.3) is 5.69 Å². The van der Waals surface area contributed by atoms with Gasteiger partial charge in [-0.05, 0) is 87.3 Å². The molecule has 190 valence electrons. The van der Waals surface area contributed by atoms with Gasteiger partial charge in [-0.25, -0.2) is 0 Å². The smallest absolute Gasteiger partial charge is 0.170 e. The van der Waals surface area contributed by atoms with Crippen LogP contribution in [0.2, 0.25) is 0 Å². The summed E-state index contributed by atoms with van der Waals surface area (Å²) in [5, 5.41) is 4.44. The van der Waals surface area contributed by atoms with E-state index in [9.17, 15) is 0 Å². The number of ether oxygens (including phenoxy) is 1. The van der Waals surface area contributed by atoms with Crippen LogP contribution in [-0.2, 0) is 4.74 Å². The lowest BCUT2D eigenvalue weighted by atomic mass is 9.96. The number of aryl methyl sites for hydroxylation is 3. The van der Waals surface area contributed by atoms with Crippen LogP contribution < -0.4 is 5.32 Å². The molecule has 1 N–H and O–H groups in total. The van der Waals surface area contributed by atoms with Crippen molar-refractivity contribution < 1.29 is 4.74 Å². The molecule has 0 amide bonds. The average molecular weight is 504 g/mol. The van der Waals surface area contributed by atoms with E-state index in [1.807, 2.05) is 12.3 Å². The molecule has 2 aromatic heterocycles. The molecule has 2 fully saturated rings. The van der Waals surface area contributed by atoms with Crippen molar-refractivity contribution >= 4 is 17.3 Å². The summed E-state index contributed by atoms with van der Waals surface area (Å²) >= 11 is 5.93. The van der Waals surface area contributed by atoms with Crippen LogP contribution in [0.4, 0.5) is 0 Å². The Morgan fingerprint density at radius 1 is 1.03 bits per heavy atom. The quantitative estimate of drug-likeness (QED) is 0.468. The monoisotopic (exact) mass is 503 g/mol. The Morgan fingerprint density at radius 3 is 2.58 bits per heavy atom. The second-order valence-corrected chi connectivity index (χ2v) is 10.5. The molecule has 7 heteroatoms. The van der Waals surface area contributed by atoms with Crippen LogP contribution >= 0.6 is 12.2 Å². The van der Waals surface area contributed by atoms with E-state index >= 15 is 0 Å². The van der Waals surface area contributed by atoms with Crippen molar-refractivity contribution in [2.45, 2.75) is 46.2 Å². The van der Waals surface area contributed by atoms with Gasteiger partial charge in [0.25, 0.3) is 0 Å². The number of benzene rings is 1. The molecule has 0 radical (unpaired) electrons. The van der Waals surface area contributed by atoms with Gasteiger partial charge < -0.3 is 19.5 Å². The Bertz CT molecular complexity index is 1220. The molecule has 5 rings (SSSR count). The minimum absolute atomic E-state index is 0.00893. The standard InChI is InChI=1S/C29H37N5OS/c1-20-9-10-21(2)26(18-20)34-22(3)19-24(23(34)4)28-27(25-8-5-6-11-30-25)31-29(36)33(28)13-7-12-32-14-16-35-17-15-32/h5-6,8-11,18-19,27-28H,7,12-17H2,1-4H3,(H,31,36)/t27-,28+/m1/s1. The van der Waals surface area contributed by atoms with Gasteiger partial charge in [-0.2, -0.15) is 0 Å². The van der Waals surface area contributed by atoms with Crippen molar-refractivity contribution in [2.75, 3.05) is 39.4 Å². The van der Waals surface area contributed by atoms with E-state index in [0.29, 0.717) is 0 Å². The normalized spacial score (nSPS) is 20.7. The predicted octanol–water partition coefficient (Wildman–Crippen LogP) is 4.80. The first-order chi connectivity index (χ1) is 17.4. The first-order valence-electron chi connectivity index (χ1n) is 13.0. The molecule has 2 atom stereocenters. The van der Waals surface area contributed by atoms with Crippen LogP contribution in [0.15, 0.2) is 48.7 Å². The lowest BCUT2D eigenvalue weighted by molar-refractivity contribution is 0.0365. The van der Waals surface area contributed by atoms with Gasteiger partial charge in [0.1, 0.15) is 0 Å². The number of rotatable bonds is 7. The molecule has 0 aliphatic carbocycles. The Labute approximate surface area is 220 Å². The third-order valence-electron chi connectivity index (χ3n) is 7.57. The second-order valence-electron chi connectivity index (χ2n) is 10.1. The van der Waals surface area contributed by atoms with Crippen LogP contribution in [0, 0.1) is 27.7 Å². The van der Waals surface area contributed by atoms with Crippen LogP contribution in [-0.4, -0.2) is 63.9 Å². The van der Waals surface area contributed by atoms with E-state index in [1.165, 1.54) is 33.8 Å². The first-order valence-corrected chi connectivity index (χ1v) is 13.4. The van der Waals surface area contributed by atoms with Gasteiger partial charge in [0.2, 0.25) is 0 Å².